The van der Waals surface area contributed by atoms with Gasteiger partial charge < -0.3 is 10.6 Å². The molecule has 0 aromatic heterocycles. The first-order valence-electron chi connectivity index (χ1n) is 11.2. The Labute approximate surface area is 187 Å². The van der Waals surface area contributed by atoms with Gasteiger partial charge in [0.25, 0.3) is 0 Å². The predicted molar refractivity (Wildman–Crippen MR) is 122 cm³/mol. The molecule has 2 aromatic rings. The molecule has 32 heavy (non-hydrogen) atoms. The number of likely N-dealkylation sites (tertiary alicyclic amines) is 1. The molecule has 1 saturated carbocycles. The number of imide groups is 1. The van der Waals surface area contributed by atoms with Crippen molar-refractivity contribution in [1.82, 2.24) is 10.2 Å². The lowest BCUT2D eigenvalue weighted by atomic mass is 9.85. The van der Waals surface area contributed by atoms with Crippen molar-refractivity contribution in [1.29, 1.82) is 0 Å². The molecule has 2 N–H and O–H groups in total. The Kier molecular flexibility index (Phi) is 5.08. The standard InChI is InChI=1S/C26H27N3O3/c1-15-7-6-8-16(2)23(15)28-26(32)27-14-20(17-9-4-3-5-10-17)29-24(30)21-18-11-12-19(13-18)22(21)25(29)31/h3-12,18-22H,13-14H2,1-2H3,(H2,27,28,32). The second kappa shape index (κ2) is 7.93. The minimum Gasteiger partial charge on any atom is -0.335 e. The minimum absolute atomic E-state index is 0.109. The molecule has 3 aliphatic rings. The highest BCUT2D eigenvalue weighted by atomic mass is 16.2. The lowest BCUT2D eigenvalue weighted by Crippen LogP contribution is -2.43. The number of nitrogens with one attached hydrogen (secondary N) is 2. The first-order chi connectivity index (χ1) is 15.5. The van der Waals surface area contributed by atoms with Crippen molar-refractivity contribution in [2.24, 2.45) is 23.7 Å². The topological polar surface area (TPSA) is 78.5 Å². The number of amides is 4. The molecule has 5 atom stereocenters. The number of hydrogen-bond acceptors (Lipinski definition) is 3. The normalized spacial score (nSPS) is 26.4. The third-order valence-corrected chi connectivity index (χ3v) is 7.18. The van der Waals surface area contributed by atoms with Crippen molar-refractivity contribution >= 4 is 23.5 Å². The number of hydrogen-bond donors (Lipinski definition) is 2. The zero-order chi connectivity index (χ0) is 22.4. The third kappa shape index (κ3) is 3.30. The molecular formula is C26H27N3O3. The maximum atomic E-state index is 13.4. The molecule has 1 heterocycles. The van der Waals surface area contributed by atoms with Gasteiger partial charge in [-0.15, -0.1) is 0 Å². The van der Waals surface area contributed by atoms with Gasteiger partial charge in [-0.2, -0.15) is 0 Å². The van der Waals surface area contributed by atoms with Crippen LogP contribution in [0.4, 0.5) is 10.5 Å². The van der Waals surface area contributed by atoms with E-state index in [-0.39, 0.29) is 48.1 Å². The maximum absolute atomic E-state index is 13.4. The summed E-state index contributed by atoms with van der Waals surface area (Å²) in [7, 11) is 0. The molecule has 164 valence electrons. The number of nitrogens with zero attached hydrogens (tertiary/aromatic N) is 1. The highest BCUT2D eigenvalue weighted by Crippen LogP contribution is 2.53. The molecule has 2 aromatic carbocycles. The quantitative estimate of drug-likeness (QED) is 0.558. The van der Waals surface area contributed by atoms with E-state index in [1.54, 1.807) is 0 Å². The molecule has 4 amide bonds. The molecule has 0 radical (unpaired) electrons. The first-order valence-corrected chi connectivity index (χ1v) is 11.2. The zero-order valence-electron chi connectivity index (χ0n) is 18.2. The number of anilines is 1. The van der Waals surface area contributed by atoms with Crippen LogP contribution in [0, 0.1) is 37.5 Å². The Balaban J connectivity index is 1.37. The lowest BCUT2D eigenvalue weighted by molar-refractivity contribution is -0.143. The van der Waals surface area contributed by atoms with Gasteiger partial charge in [0.1, 0.15) is 0 Å². The van der Waals surface area contributed by atoms with Crippen molar-refractivity contribution in [3.05, 3.63) is 77.4 Å². The van der Waals surface area contributed by atoms with Gasteiger partial charge in [0.15, 0.2) is 0 Å². The van der Waals surface area contributed by atoms with Crippen LogP contribution in [0.15, 0.2) is 60.7 Å². The molecule has 6 heteroatoms. The zero-order valence-corrected chi connectivity index (χ0v) is 18.2. The molecule has 6 nitrogen and oxygen atoms in total. The second-order valence-corrected chi connectivity index (χ2v) is 9.07. The average molecular weight is 430 g/mol. The molecule has 0 spiro atoms. The van der Waals surface area contributed by atoms with Crippen LogP contribution in [0.25, 0.3) is 0 Å². The van der Waals surface area contributed by atoms with Gasteiger partial charge in [-0.3, -0.25) is 14.5 Å². The molecule has 1 saturated heterocycles. The number of para-hydroxylation sites is 1. The summed E-state index contributed by atoms with van der Waals surface area (Å²) in [4.78, 5) is 40.9. The number of allylic oxidation sites excluding steroid dienone is 2. The fourth-order valence-electron chi connectivity index (χ4n) is 5.62. The SMILES string of the molecule is Cc1cccc(C)c1NC(=O)NCC(c1ccccc1)N1C(=O)C2C3C=CC(C3)C2C1=O. The first kappa shape index (κ1) is 20.5. The van der Waals surface area contributed by atoms with Crippen molar-refractivity contribution in [2.45, 2.75) is 26.3 Å². The van der Waals surface area contributed by atoms with Crippen LogP contribution in [-0.2, 0) is 9.59 Å². The summed E-state index contributed by atoms with van der Waals surface area (Å²) >= 11 is 0. The number of urea groups is 1. The summed E-state index contributed by atoms with van der Waals surface area (Å²) in [5.41, 5.74) is 3.55. The highest BCUT2D eigenvalue weighted by molar-refractivity contribution is 6.07. The number of rotatable bonds is 5. The summed E-state index contributed by atoms with van der Waals surface area (Å²) in [6.45, 7) is 4.04. The average Bonchev–Trinajstić information content (AvgIpc) is 3.47. The summed E-state index contributed by atoms with van der Waals surface area (Å²) in [6.07, 6.45) is 5.08. The van der Waals surface area contributed by atoms with Crippen LogP contribution in [-0.4, -0.2) is 29.3 Å². The van der Waals surface area contributed by atoms with Gasteiger partial charge in [-0.25, -0.2) is 4.79 Å². The predicted octanol–water partition coefficient (Wildman–Crippen LogP) is 3.97. The number of carbonyl (C=O) groups is 3. The molecule has 2 fully saturated rings. The van der Waals surface area contributed by atoms with E-state index < -0.39 is 6.04 Å². The molecular weight excluding hydrogens is 402 g/mol. The summed E-state index contributed by atoms with van der Waals surface area (Å²) in [6, 6.07) is 14.4. The molecule has 2 aliphatic carbocycles. The maximum Gasteiger partial charge on any atom is 0.319 e. The summed E-state index contributed by atoms with van der Waals surface area (Å²) in [5, 5.41) is 5.81. The van der Waals surface area contributed by atoms with Gasteiger partial charge in [0, 0.05) is 12.2 Å². The van der Waals surface area contributed by atoms with E-state index in [2.05, 4.69) is 22.8 Å². The second-order valence-electron chi connectivity index (χ2n) is 9.07. The third-order valence-electron chi connectivity index (χ3n) is 7.18. The van der Waals surface area contributed by atoms with E-state index in [0.29, 0.717) is 0 Å². The Bertz CT molecular complexity index is 1060. The fraction of sp³-hybridized carbons (Fsp3) is 0.346. The van der Waals surface area contributed by atoms with E-state index in [1.807, 2.05) is 62.4 Å². The Hall–Kier alpha value is -3.41. The van der Waals surface area contributed by atoms with Gasteiger partial charge in [0.2, 0.25) is 11.8 Å². The Morgan fingerprint density at radius 1 is 0.938 bits per heavy atom. The fourth-order valence-corrected chi connectivity index (χ4v) is 5.62. The molecule has 5 unspecified atom stereocenters. The lowest BCUT2D eigenvalue weighted by Gasteiger charge is -2.28. The van der Waals surface area contributed by atoms with Gasteiger partial charge >= 0.3 is 6.03 Å². The molecule has 2 bridgehead atoms. The van der Waals surface area contributed by atoms with Crippen LogP contribution < -0.4 is 10.6 Å². The Morgan fingerprint density at radius 3 is 2.12 bits per heavy atom. The van der Waals surface area contributed by atoms with Crippen LogP contribution >= 0.6 is 0 Å². The van der Waals surface area contributed by atoms with Gasteiger partial charge in [-0.05, 0) is 48.8 Å². The number of aryl methyl sites for hydroxylation is 2. The highest BCUT2D eigenvalue weighted by Gasteiger charge is 2.60. The van der Waals surface area contributed by atoms with Crippen LogP contribution in [0.3, 0.4) is 0 Å². The van der Waals surface area contributed by atoms with Crippen molar-refractivity contribution in [2.75, 3.05) is 11.9 Å². The van der Waals surface area contributed by atoms with E-state index >= 15 is 0 Å². The van der Waals surface area contributed by atoms with E-state index in [0.717, 1.165) is 28.8 Å². The summed E-state index contributed by atoms with van der Waals surface area (Å²) < 4.78 is 0. The molecule has 1 aliphatic heterocycles. The van der Waals surface area contributed by atoms with Crippen molar-refractivity contribution < 1.29 is 14.4 Å². The van der Waals surface area contributed by atoms with E-state index in [9.17, 15) is 14.4 Å². The van der Waals surface area contributed by atoms with Crippen molar-refractivity contribution in [3.8, 4) is 0 Å². The van der Waals surface area contributed by atoms with E-state index in [4.69, 9.17) is 0 Å². The number of fused-ring (bicyclic) bond motifs is 5. The van der Waals surface area contributed by atoms with Crippen LogP contribution in [0.5, 0.6) is 0 Å². The van der Waals surface area contributed by atoms with Gasteiger partial charge in [-0.1, -0.05) is 60.7 Å². The van der Waals surface area contributed by atoms with Crippen LogP contribution in [0.1, 0.15) is 29.2 Å². The number of benzene rings is 2. The van der Waals surface area contributed by atoms with Gasteiger partial charge in [0.05, 0.1) is 17.9 Å². The monoisotopic (exact) mass is 429 g/mol. The Morgan fingerprint density at radius 2 is 1.53 bits per heavy atom. The van der Waals surface area contributed by atoms with Crippen molar-refractivity contribution in [3.63, 3.8) is 0 Å². The smallest absolute Gasteiger partial charge is 0.319 e. The summed E-state index contributed by atoms with van der Waals surface area (Å²) in [5.74, 6) is -0.420. The number of carbonyl (C=O) groups excluding carboxylic acids is 3. The minimum atomic E-state index is -0.537. The van der Waals surface area contributed by atoms with Crippen LogP contribution in [0.2, 0.25) is 0 Å². The largest absolute Gasteiger partial charge is 0.335 e. The van der Waals surface area contributed by atoms with E-state index in [1.165, 1.54) is 4.90 Å². The molecule has 5 rings (SSSR count).